The molecule has 2 aromatic rings. The van der Waals surface area contributed by atoms with Crippen LogP contribution in [0.5, 0.6) is 0 Å². The van der Waals surface area contributed by atoms with Crippen LogP contribution in [0.15, 0.2) is 48.5 Å². The van der Waals surface area contributed by atoms with Crippen molar-refractivity contribution in [2.75, 3.05) is 5.73 Å². The third kappa shape index (κ3) is 4.43. The van der Waals surface area contributed by atoms with Crippen molar-refractivity contribution in [3.63, 3.8) is 0 Å². The van der Waals surface area contributed by atoms with Crippen molar-refractivity contribution in [3.05, 3.63) is 65.2 Å². The summed E-state index contributed by atoms with van der Waals surface area (Å²) in [7, 11) is 0. The second-order valence-corrected chi connectivity index (χ2v) is 4.89. The van der Waals surface area contributed by atoms with E-state index in [9.17, 15) is 4.79 Å². The van der Waals surface area contributed by atoms with E-state index >= 15 is 0 Å². The number of nitrogens with two attached hydrogens (primary N) is 1. The van der Waals surface area contributed by atoms with Crippen molar-refractivity contribution in [3.8, 4) is 0 Å². The molecule has 0 heterocycles. The van der Waals surface area contributed by atoms with Crippen LogP contribution in [0.4, 0.5) is 5.69 Å². The quantitative estimate of drug-likeness (QED) is 0.669. The number of aryl methyl sites for hydroxylation is 2. The number of rotatable bonds is 5. The van der Waals surface area contributed by atoms with Crippen LogP contribution in [0.1, 0.15) is 23.1 Å². The number of esters is 1. The Balaban J connectivity index is 1.78. The summed E-state index contributed by atoms with van der Waals surface area (Å²) in [6.07, 6.45) is 1.02. The van der Waals surface area contributed by atoms with Crippen LogP contribution >= 0.6 is 0 Å². The number of carbonyl (C=O) groups excluding carboxylic acids is 1. The lowest BCUT2D eigenvalue weighted by atomic mass is 10.1. The molecule has 0 aliphatic rings. The third-order valence-electron chi connectivity index (χ3n) is 3.05. The first kappa shape index (κ1) is 14.1. The first-order valence-corrected chi connectivity index (χ1v) is 6.69. The average Bonchev–Trinajstić information content (AvgIpc) is 2.43. The molecule has 0 fully saturated rings. The molecule has 0 unspecified atom stereocenters. The zero-order chi connectivity index (χ0) is 14.4. The van der Waals surface area contributed by atoms with E-state index in [0.717, 1.165) is 16.8 Å². The van der Waals surface area contributed by atoms with Gasteiger partial charge in [0.25, 0.3) is 0 Å². The maximum absolute atomic E-state index is 11.7. The molecular weight excluding hydrogens is 250 g/mol. The van der Waals surface area contributed by atoms with Gasteiger partial charge in [0.2, 0.25) is 0 Å². The van der Waals surface area contributed by atoms with E-state index < -0.39 is 0 Å². The molecule has 2 N–H and O–H groups in total. The van der Waals surface area contributed by atoms with Gasteiger partial charge in [-0.1, -0.05) is 42.0 Å². The van der Waals surface area contributed by atoms with Crippen molar-refractivity contribution in [1.82, 2.24) is 0 Å². The molecule has 0 aliphatic carbocycles. The molecule has 0 amide bonds. The number of hydrogen-bond donors (Lipinski definition) is 1. The summed E-state index contributed by atoms with van der Waals surface area (Å²) in [6, 6.07) is 15.5. The van der Waals surface area contributed by atoms with Crippen LogP contribution in [-0.4, -0.2) is 5.97 Å². The predicted octanol–water partition coefficient (Wildman–Crippen LogP) is 3.25. The van der Waals surface area contributed by atoms with Crippen LogP contribution < -0.4 is 5.73 Å². The van der Waals surface area contributed by atoms with Gasteiger partial charge in [-0.25, -0.2) is 0 Å². The van der Waals surface area contributed by atoms with Crippen LogP contribution in [-0.2, 0) is 22.6 Å². The maximum Gasteiger partial charge on any atom is 0.306 e. The second-order valence-electron chi connectivity index (χ2n) is 4.89. The van der Waals surface area contributed by atoms with Crippen molar-refractivity contribution in [1.29, 1.82) is 0 Å². The van der Waals surface area contributed by atoms with Gasteiger partial charge in [-0.15, -0.1) is 0 Å². The summed E-state index contributed by atoms with van der Waals surface area (Å²) in [5.74, 6) is -0.186. The van der Waals surface area contributed by atoms with Crippen LogP contribution in [0, 0.1) is 6.92 Å². The molecule has 0 radical (unpaired) electrons. The fourth-order valence-corrected chi connectivity index (χ4v) is 2.03. The van der Waals surface area contributed by atoms with Gasteiger partial charge < -0.3 is 10.5 Å². The maximum atomic E-state index is 11.7. The Kier molecular flexibility index (Phi) is 4.77. The highest BCUT2D eigenvalue weighted by Gasteiger charge is 2.04. The molecule has 0 spiro atoms. The first-order chi connectivity index (χ1) is 9.63. The van der Waals surface area contributed by atoms with Crippen LogP contribution in [0.2, 0.25) is 0 Å². The van der Waals surface area contributed by atoms with Gasteiger partial charge in [0.15, 0.2) is 0 Å². The molecule has 3 heteroatoms. The zero-order valence-corrected chi connectivity index (χ0v) is 11.6. The van der Waals surface area contributed by atoms with Gasteiger partial charge in [0.1, 0.15) is 6.61 Å². The summed E-state index contributed by atoms with van der Waals surface area (Å²) in [5, 5.41) is 0. The molecule has 104 valence electrons. The van der Waals surface area contributed by atoms with E-state index in [1.165, 1.54) is 5.56 Å². The van der Waals surface area contributed by atoms with E-state index in [-0.39, 0.29) is 5.97 Å². The molecule has 3 nitrogen and oxygen atoms in total. The largest absolute Gasteiger partial charge is 0.461 e. The Labute approximate surface area is 119 Å². The smallest absolute Gasteiger partial charge is 0.306 e. The zero-order valence-electron chi connectivity index (χ0n) is 11.6. The second kappa shape index (κ2) is 6.75. The minimum atomic E-state index is -0.186. The lowest BCUT2D eigenvalue weighted by Gasteiger charge is -2.06. The monoisotopic (exact) mass is 269 g/mol. The fraction of sp³-hybridized carbons (Fsp3) is 0.235. The minimum Gasteiger partial charge on any atom is -0.461 e. The van der Waals surface area contributed by atoms with E-state index in [0.29, 0.717) is 19.4 Å². The van der Waals surface area contributed by atoms with E-state index in [4.69, 9.17) is 10.5 Å². The summed E-state index contributed by atoms with van der Waals surface area (Å²) < 4.78 is 5.26. The van der Waals surface area contributed by atoms with Crippen molar-refractivity contribution in [2.45, 2.75) is 26.4 Å². The van der Waals surface area contributed by atoms with Crippen molar-refractivity contribution >= 4 is 11.7 Å². The number of nitrogen functional groups attached to an aromatic ring is 1. The number of hydrogen-bond acceptors (Lipinski definition) is 3. The van der Waals surface area contributed by atoms with Gasteiger partial charge in [-0.3, -0.25) is 4.79 Å². The highest BCUT2D eigenvalue weighted by atomic mass is 16.5. The SMILES string of the molecule is Cc1cccc(COC(=O)CCc2cccc(N)c2)c1. The topological polar surface area (TPSA) is 52.3 Å². The van der Waals surface area contributed by atoms with E-state index in [1.54, 1.807) is 0 Å². The summed E-state index contributed by atoms with van der Waals surface area (Å²) in [4.78, 5) is 11.7. The Morgan fingerprint density at radius 2 is 1.85 bits per heavy atom. The average molecular weight is 269 g/mol. The van der Waals surface area contributed by atoms with E-state index in [2.05, 4.69) is 0 Å². The predicted molar refractivity (Wildman–Crippen MR) is 80.2 cm³/mol. The fourth-order valence-electron chi connectivity index (χ4n) is 2.03. The molecule has 0 atom stereocenters. The van der Waals surface area contributed by atoms with Crippen molar-refractivity contribution < 1.29 is 9.53 Å². The normalized spacial score (nSPS) is 10.2. The molecule has 2 rings (SSSR count). The Morgan fingerprint density at radius 3 is 2.60 bits per heavy atom. The van der Waals surface area contributed by atoms with Crippen molar-refractivity contribution in [2.24, 2.45) is 0 Å². The summed E-state index contributed by atoms with van der Waals surface area (Å²) in [6.45, 7) is 2.35. The molecule has 0 saturated carbocycles. The molecule has 0 aliphatic heterocycles. The van der Waals surface area contributed by atoms with Crippen LogP contribution in [0.25, 0.3) is 0 Å². The minimum absolute atomic E-state index is 0.186. The third-order valence-corrected chi connectivity index (χ3v) is 3.05. The standard InChI is InChI=1S/C17H19NO2/c1-13-4-2-6-15(10-13)12-20-17(19)9-8-14-5-3-7-16(18)11-14/h2-7,10-11H,8-9,12,18H2,1H3. The van der Waals surface area contributed by atoms with Gasteiger partial charge in [0.05, 0.1) is 0 Å². The Hall–Kier alpha value is -2.29. The Bertz CT molecular complexity index is 542. The summed E-state index contributed by atoms with van der Waals surface area (Å²) >= 11 is 0. The molecular formula is C17H19NO2. The molecule has 2 aromatic carbocycles. The number of benzene rings is 2. The van der Waals surface area contributed by atoms with Gasteiger partial charge in [-0.05, 0) is 36.6 Å². The highest BCUT2D eigenvalue weighted by molar-refractivity contribution is 5.69. The number of anilines is 1. The van der Waals surface area contributed by atoms with Gasteiger partial charge in [-0.2, -0.15) is 0 Å². The lowest BCUT2D eigenvalue weighted by molar-refractivity contribution is -0.144. The molecule has 0 saturated heterocycles. The van der Waals surface area contributed by atoms with Gasteiger partial charge in [0, 0.05) is 12.1 Å². The summed E-state index contributed by atoms with van der Waals surface area (Å²) in [5.41, 5.74) is 9.65. The molecule has 0 aromatic heterocycles. The molecule has 20 heavy (non-hydrogen) atoms. The highest BCUT2D eigenvalue weighted by Crippen LogP contribution is 2.10. The number of carbonyl (C=O) groups is 1. The number of ether oxygens (including phenoxy) is 1. The Morgan fingerprint density at radius 1 is 1.10 bits per heavy atom. The first-order valence-electron chi connectivity index (χ1n) is 6.69. The van der Waals surface area contributed by atoms with E-state index in [1.807, 2.05) is 55.5 Å². The van der Waals surface area contributed by atoms with Gasteiger partial charge >= 0.3 is 5.97 Å². The lowest BCUT2D eigenvalue weighted by Crippen LogP contribution is -2.06. The molecule has 0 bridgehead atoms. The van der Waals surface area contributed by atoms with Crippen LogP contribution in [0.3, 0.4) is 0 Å².